The van der Waals surface area contributed by atoms with Gasteiger partial charge in [-0.3, -0.25) is 4.79 Å². The lowest BCUT2D eigenvalue weighted by Crippen LogP contribution is -2.27. The van der Waals surface area contributed by atoms with Gasteiger partial charge in [0.15, 0.2) is 11.5 Å². The summed E-state index contributed by atoms with van der Waals surface area (Å²) in [7, 11) is 5.18. The van der Waals surface area contributed by atoms with Gasteiger partial charge in [-0.1, -0.05) is 38.1 Å². The van der Waals surface area contributed by atoms with Crippen molar-refractivity contribution in [2.75, 3.05) is 32.7 Å². The van der Waals surface area contributed by atoms with E-state index in [0.717, 1.165) is 16.9 Å². The monoisotopic (exact) mass is 431 g/mol. The number of likely N-dealkylation sites (N-methyl/N-ethyl adjacent to an activating group) is 1. The Kier molecular flexibility index (Phi) is 6.89. The average Bonchev–Trinajstić information content (AvgIpc) is 2.99. The number of carbonyl (C=O) groups is 1. The highest BCUT2D eigenvalue weighted by Crippen LogP contribution is 2.46. The van der Waals surface area contributed by atoms with Crippen LogP contribution in [0, 0.1) is 11.3 Å². The van der Waals surface area contributed by atoms with E-state index in [4.69, 9.17) is 9.47 Å². The third-order valence-electron chi connectivity index (χ3n) is 5.86. The Labute approximate surface area is 189 Å². The summed E-state index contributed by atoms with van der Waals surface area (Å²) in [4.78, 5) is 14.7. The first kappa shape index (κ1) is 23.0. The number of nitriles is 1. The second kappa shape index (κ2) is 9.61. The summed E-state index contributed by atoms with van der Waals surface area (Å²) in [5, 5.41) is 12.4. The molecule has 1 N–H and O–H groups in total. The highest BCUT2D eigenvalue weighted by atomic mass is 16.5. The van der Waals surface area contributed by atoms with Crippen LogP contribution in [0.1, 0.15) is 25.0 Å². The quantitative estimate of drug-likeness (QED) is 0.527. The van der Waals surface area contributed by atoms with E-state index < -0.39 is 0 Å². The van der Waals surface area contributed by atoms with Gasteiger partial charge in [-0.15, -0.1) is 0 Å². The van der Waals surface area contributed by atoms with Gasteiger partial charge in [-0.2, -0.15) is 5.26 Å². The fourth-order valence-electron chi connectivity index (χ4n) is 4.08. The summed E-state index contributed by atoms with van der Waals surface area (Å²) < 4.78 is 10.6. The van der Waals surface area contributed by atoms with Crippen molar-refractivity contribution in [1.82, 2.24) is 5.32 Å². The molecule has 0 saturated carbocycles. The smallest absolute Gasteiger partial charge is 0.261 e. The number of fused-ring (bicyclic) bond motifs is 1. The minimum absolute atomic E-state index is 0.0740. The number of para-hydroxylation sites is 1. The normalized spacial score (nSPS) is 15.8. The van der Waals surface area contributed by atoms with Gasteiger partial charge in [0.25, 0.3) is 5.91 Å². The second-order valence-electron chi connectivity index (χ2n) is 8.14. The van der Waals surface area contributed by atoms with E-state index in [1.165, 1.54) is 5.56 Å². The SMILES string of the molecule is COc1ccc(CCNC(=O)/C(C#N)=C\C=C2\N(C)c3ccccc3C2(C)C)cc1OC. The Morgan fingerprint density at radius 1 is 1.16 bits per heavy atom. The zero-order chi connectivity index (χ0) is 23.3. The third kappa shape index (κ3) is 4.47. The summed E-state index contributed by atoms with van der Waals surface area (Å²) in [5.41, 5.74) is 4.25. The van der Waals surface area contributed by atoms with Crippen LogP contribution in [0.3, 0.4) is 0 Å². The number of methoxy groups -OCH3 is 2. The van der Waals surface area contributed by atoms with Crippen molar-refractivity contribution in [3.8, 4) is 17.6 Å². The lowest BCUT2D eigenvalue weighted by atomic mass is 9.83. The van der Waals surface area contributed by atoms with Gasteiger partial charge >= 0.3 is 0 Å². The Balaban J connectivity index is 1.68. The first-order valence-electron chi connectivity index (χ1n) is 10.5. The van der Waals surface area contributed by atoms with Crippen LogP contribution in [0.25, 0.3) is 0 Å². The van der Waals surface area contributed by atoms with Crippen LogP contribution in [0.15, 0.2) is 65.9 Å². The molecular weight excluding hydrogens is 402 g/mol. The molecule has 0 saturated heterocycles. The number of anilines is 1. The molecule has 32 heavy (non-hydrogen) atoms. The molecule has 6 nitrogen and oxygen atoms in total. The third-order valence-corrected chi connectivity index (χ3v) is 5.86. The van der Waals surface area contributed by atoms with Crippen molar-refractivity contribution >= 4 is 11.6 Å². The number of ether oxygens (including phenoxy) is 2. The fourth-order valence-corrected chi connectivity index (χ4v) is 4.08. The molecule has 0 bridgehead atoms. The predicted octanol–water partition coefficient (Wildman–Crippen LogP) is 4.12. The summed E-state index contributed by atoms with van der Waals surface area (Å²) >= 11 is 0. The molecule has 6 heteroatoms. The van der Waals surface area contributed by atoms with Crippen LogP contribution in [0.5, 0.6) is 11.5 Å². The largest absolute Gasteiger partial charge is 0.493 e. The molecule has 1 aliphatic rings. The topological polar surface area (TPSA) is 74.6 Å². The maximum absolute atomic E-state index is 12.6. The Bertz CT molecular complexity index is 1110. The highest BCUT2D eigenvalue weighted by molar-refractivity contribution is 5.97. The maximum atomic E-state index is 12.6. The van der Waals surface area contributed by atoms with Crippen molar-refractivity contribution in [2.45, 2.75) is 25.7 Å². The average molecular weight is 432 g/mol. The standard InChI is InChI=1S/C26H29N3O3/c1-26(2)20-8-6-7-9-21(20)29(3)24(26)13-11-19(17-27)25(30)28-15-14-18-10-12-22(31-4)23(16-18)32-5/h6-13,16H,14-15H2,1-5H3,(H,28,30)/b19-11-,24-13+. The maximum Gasteiger partial charge on any atom is 0.261 e. The minimum atomic E-state index is -0.388. The van der Waals surface area contributed by atoms with Gasteiger partial charge in [0.05, 0.1) is 14.2 Å². The van der Waals surface area contributed by atoms with Gasteiger partial charge in [0.1, 0.15) is 11.6 Å². The van der Waals surface area contributed by atoms with E-state index >= 15 is 0 Å². The van der Waals surface area contributed by atoms with Crippen LogP contribution in [0.4, 0.5) is 5.69 Å². The minimum Gasteiger partial charge on any atom is -0.493 e. The van der Waals surface area contributed by atoms with E-state index in [2.05, 4.69) is 36.2 Å². The summed E-state index contributed by atoms with van der Waals surface area (Å²) in [6.45, 7) is 4.69. The predicted molar refractivity (Wildman–Crippen MR) is 126 cm³/mol. The fraction of sp³-hybridized carbons (Fsp3) is 0.308. The lowest BCUT2D eigenvalue weighted by molar-refractivity contribution is -0.117. The molecule has 166 valence electrons. The van der Waals surface area contributed by atoms with Crippen molar-refractivity contribution in [1.29, 1.82) is 5.26 Å². The molecule has 3 rings (SSSR count). The molecule has 1 amide bonds. The molecule has 0 spiro atoms. The highest BCUT2D eigenvalue weighted by Gasteiger charge is 2.37. The summed E-state index contributed by atoms with van der Waals surface area (Å²) in [5.74, 6) is 0.913. The van der Waals surface area contributed by atoms with E-state index in [9.17, 15) is 10.1 Å². The van der Waals surface area contributed by atoms with Crippen molar-refractivity contribution in [2.24, 2.45) is 0 Å². The molecule has 1 aliphatic heterocycles. The van der Waals surface area contributed by atoms with Crippen LogP contribution < -0.4 is 19.7 Å². The van der Waals surface area contributed by atoms with E-state index in [1.54, 1.807) is 20.3 Å². The van der Waals surface area contributed by atoms with E-state index in [0.29, 0.717) is 24.5 Å². The number of nitrogens with zero attached hydrogens (tertiary/aromatic N) is 2. The number of allylic oxidation sites excluding steroid dienone is 3. The molecule has 0 atom stereocenters. The molecule has 0 unspecified atom stereocenters. The number of hydrogen-bond donors (Lipinski definition) is 1. The van der Waals surface area contributed by atoms with Gasteiger partial charge in [-0.05, 0) is 47.9 Å². The second-order valence-corrected chi connectivity index (χ2v) is 8.14. The zero-order valence-electron chi connectivity index (χ0n) is 19.2. The first-order valence-corrected chi connectivity index (χ1v) is 10.5. The van der Waals surface area contributed by atoms with E-state index in [1.807, 2.05) is 49.5 Å². The Morgan fingerprint density at radius 2 is 1.88 bits per heavy atom. The summed E-state index contributed by atoms with van der Waals surface area (Å²) in [6, 6.07) is 15.9. The molecule has 0 aromatic heterocycles. The zero-order valence-corrected chi connectivity index (χ0v) is 19.2. The Morgan fingerprint density at radius 3 is 2.53 bits per heavy atom. The van der Waals surface area contributed by atoms with Crippen molar-refractivity contribution in [3.63, 3.8) is 0 Å². The Hall–Kier alpha value is -3.72. The lowest BCUT2D eigenvalue weighted by Gasteiger charge is -2.23. The van der Waals surface area contributed by atoms with Crippen molar-refractivity contribution in [3.05, 3.63) is 77.0 Å². The molecule has 0 fully saturated rings. The molecular formula is C26H29N3O3. The van der Waals surface area contributed by atoms with E-state index in [-0.39, 0.29) is 16.9 Å². The molecule has 0 aliphatic carbocycles. The van der Waals surface area contributed by atoms with Gasteiger partial charge in [-0.25, -0.2) is 0 Å². The van der Waals surface area contributed by atoms with Gasteiger partial charge in [0, 0.05) is 30.4 Å². The van der Waals surface area contributed by atoms with Gasteiger partial charge < -0.3 is 19.7 Å². The number of carbonyl (C=O) groups excluding carboxylic acids is 1. The van der Waals surface area contributed by atoms with Gasteiger partial charge in [0.2, 0.25) is 0 Å². The summed E-state index contributed by atoms with van der Waals surface area (Å²) in [6.07, 6.45) is 4.08. The van der Waals surface area contributed by atoms with Crippen LogP contribution in [0.2, 0.25) is 0 Å². The number of benzene rings is 2. The number of hydrogen-bond acceptors (Lipinski definition) is 5. The molecule has 2 aromatic rings. The van der Waals surface area contributed by atoms with Crippen LogP contribution in [-0.2, 0) is 16.6 Å². The number of rotatable bonds is 7. The van der Waals surface area contributed by atoms with Crippen LogP contribution in [-0.4, -0.2) is 33.7 Å². The number of nitrogens with one attached hydrogen (secondary N) is 1. The van der Waals surface area contributed by atoms with Crippen molar-refractivity contribution < 1.29 is 14.3 Å². The molecule has 1 heterocycles. The molecule has 0 radical (unpaired) electrons. The molecule has 2 aromatic carbocycles. The van der Waals surface area contributed by atoms with Crippen LogP contribution >= 0.6 is 0 Å². The number of amides is 1. The first-order chi connectivity index (χ1) is 15.3.